The fraction of sp³-hybridized carbons (Fsp3) is 0.857. The second kappa shape index (κ2) is 5.99. The third-order valence-corrected chi connectivity index (χ3v) is 4.82. The molecule has 1 aliphatic rings. The fourth-order valence-corrected chi connectivity index (χ4v) is 2.84. The van der Waals surface area contributed by atoms with Crippen molar-refractivity contribution >= 4 is 11.7 Å². The van der Waals surface area contributed by atoms with Gasteiger partial charge in [0.1, 0.15) is 5.41 Å². The van der Waals surface area contributed by atoms with Crippen molar-refractivity contribution in [3.8, 4) is 0 Å². The van der Waals surface area contributed by atoms with Crippen molar-refractivity contribution in [3.63, 3.8) is 0 Å². The van der Waals surface area contributed by atoms with Crippen LogP contribution in [-0.4, -0.2) is 59.0 Å². The largest absolute Gasteiger partial charge is 0.409 e. The summed E-state index contributed by atoms with van der Waals surface area (Å²) in [5.74, 6) is -0.0109. The zero-order valence-electron chi connectivity index (χ0n) is 13.3. The van der Waals surface area contributed by atoms with Crippen LogP contribution in [0.15, 0.2) is 5.16 Å². The molecule has 1 heterocycles. The van der Waals surface area contributed by atoms with Crippen LogP contribution in [0.2, 0.25) is 0 Å². The molecule has 0 saturated carbocycles. The van der Waals surface area contributed by atoms with Crippen LogP contribution in [0.4, 0.5) is 0 Å². The Bertz CT molecular complexity index is 389. The third-order valence-electron chi connectivity index (χ3n) is 4.82. The molecule has 0 atom stereocenters. The molecule has 1 saturated heterocycles. The average molecular weight is 284 g/mol. The lowest BCUT2D eigenvalue weighted by atomic mass is 9.79. The molecule has 116 valence electrons. The van der Waals surface area contributed by atoms with E-state index in [2.05, 4.69) is 31.0 Å². The maximum absolute atomic E-state index is 12.9. The van der Waals surface area contributed by atoms with Gasteiger partial charge in [0.2, 0.25) is 5.91 Å². The first-order chi connectivity index (χ1) is 9.25. The van der Waals surface area contributed by atoms with Crippen LogP contribution >= 0.6 is 0 Å². The van der Waals surface area contributed by atoms with E-state index in [9.17, 15) is 4.79 Å². The predicted molar refractivity (Wildman–Crippen MR) is 79.7 cm³/mol. The highest BCUT2D eigenvalue weighted by Crippen LogP contribution is 2.31. The molecule has 3 N–H and O–H groups in total. The molecule has 1 aliphatic heterocycles. The van der Waals surface area contributed by atoms with Crippen molar-refractivity contribution in [1.29, 1.82) is 0 Å². The molecule has 20 heavy (non-hydrogen) atoms. The standard InChI is InChI=1S/C14H28N4O2/c1-6-14(7-2,11(15)16-20)12(19)18-9-8-17(5)13(3,4)10-18/h20H,6-10H2,1-5H3,(H2,15,16). The molecule has 0 bridgehead atoms. The number of nitrogens with zero attached hydrogens (tertiary/aromatic N) is 3. The number of hydrogen-bond acceptors (Lipinski definition) is 4. The van der Waals surface area contributed by atoms with Gasteiger partial charge in [-0.15, -0.1) is 0 Å². The zero-order chi connectivity index (χ0) is 15.6. The number of carbonyl (C=O) groups is 1. The first-order valence-corrected chi connectivity index (χ1v) is 7.23. The Morgan fingerprint density at radius 3 is 2.30 bits per heavy atom. The van der Waals surface area contributed by atoms with E-state index in [1.807, 2.05) is 18.7 Å². The summed E-state index contributed by atoms with van der Waals surface area (Å²) in [5, 5.41) is 12.1. The van der Waals surface area contributed by atoms with E-state index >= 15 is 0 Å². The highest BCUT2D eigenvalue weighted by molar-refractivity contribution is 6.06. The minimum absolute atomic E-state index is 0.0178. The van der Waals surface area contributed by atoms with E-state index in [0.29, 0.717) is 25.9 Å². The Labute approximate surface area is 121 Å². The summed E-state index contributed by atoms with van der Waals surface area (Å²) < 4.78 is 0. The number of hydrogen-bond donors (Lipinski definition) is 2. The van der Waals surface area contributed by atoms with Crippen molar-refractivity contribution in [3.05, 3.63) is 0 Å². The summed E-state index contributed by atoms with van der Waals surface area (Å²) in [5.41, 5.74) is 4.87. The van der Waals surface area contributed by atoms with Gasteiger partial charge >= 0.3 is 0 Å². The first-order valence-electron chi connectivity index (χ1n) is 7.23. The van der Waals surface area contributed by atoms with Crippen LogP contribution in [0.1, 0.15) is 40.5 Å². The minimum atomic E-state index is -0.888. The smallest absolute Gasteiger partial charge is 0.236 e. The van der Waals surface area contributed by atoms with Crippen LogP contribution in [0.5, 0.6) is 0 Å². The topological polar surface area (TPSA) is 82.2 Å². The number of nitrogens with two attached hydrogens (primary N) is 1. The molecule has 0 aliphatic carbocycles. The molecule has 6 nitrogen and oxygen atoms in total. The number of oxime groups is 1. The lowest BCUT2D eigenvalue weighted by Crippen LogP contribution is -2.62. The van der Waals surface area contributed by atoms with Gasteiger partial charge in [0.15, 0.2) is 5.84 Å². The van der Waals surface area contributed by atoms with Gasteiger partial charge in [0.25, 0.3) is 0 Å². The Kier molecular flexibility index (Phi) is 5.02. The molecule has 0 radical (unpaired) electrons. The van der Waals surface area contributed by atoms with E-state index in [4.69, 9.17) is 10.9 Å². The minimum Gasteiger partial charge on any atom is -0.409 e. The van der Waals surface area contributed by atoms with Gasteiger partial charge in [-0.05, 0) is 33.7 Å². The third kappa shape index (κ3) is 2.75. The summed E-state index contributed by atoms with van der Waals surface area (Å²) in [7, 11) is 2.07. The highest BCUT2D eigenvalue weighted by Gasteiger charge is 2.45. The molecule has 0 unspecified atom stereocenters. The maximum Gasteiger partial charge on any atom is 0.236 e. The van der Waals surface area contributed by atoms with E-state index in [0.717, 1.165) is 6.54 Å². The fourth-order valence-electron chi connectivity index (χ4n) is 2.84. The molecule has 1 rings (SSSR count). The highest BCUT2D eigenvalue weighted by atomic mass is 16.4. The van der Waals surface area contributed by atoms with Crippen LogP contribution in [0.3, 0.4) is 0 Å². The molecule has 6 heteroatoms. The Morgan fingerprint density at radius 2 is 1.90 bits per heavy atom. The van der Waals surface area contributed by atoms with Crippen LogP contribution in [0, 0.1) is 5.41 Å². The van der Waals surface area contributed by atoms with Crippen LogP contribution < -0.4 is 5.73 Å². The molecule has 0 aromatic heterocycles. The van der Waals surface area contributed by atoms with Gasteiger partial charge in [0.05, 0.1) is 0 Å². The lowest BCUT2D eigenvalue weighted by molar-refractivity contribution is -0.143. The Balaban J connectivity index is 3.03. The summed E-state index contributed by atoms with van der Waals surface area (Å²) >= 11 is 0. The van der Waals surface area contributed by atoms with Gasteiger partial charge in [-0.2, -0.15) is 0 Å². The van der Waals surface area contributed by atoms with E-state index in [-0.39, 0.29) is 17.3 Å². The zero-order valence-corrected chi connectivity index (χ0v) is 13.3. The van der Waals surface area contributed by atoms with Crippen molar-refractivity contribution in [2.45, 2.75) is 46.1 Å². The van der Waals surface area contributed by atoms with Crippen LogP contribution in [-0.2, 0) is 4.79 Å². The second-order valence-corrected chi connectivity index (χ2v) is 6.24. The van der Waals surface area contributed by atoms with E-state index in [1.54, 1.807) is 0 Å². The summed E-state index contributed by atoms with van der Waals surface area (Å²) in [6, 6.07) is 0. The number of rotatable bonds is 4. The van der Waals surface area contributed by atoms with Crippen molar-refractivity contribution in [2.24, 2.45) is 16.3 Å². The van der Waals surface area contributed by atoms with Crippen molar-refractivity contribution < 1.29 is 10.0 Å². The molecule has 0 aromatic carbocycles. The first kappa shape index (κ1) is 16.8. The summed E-state index contributed by atoms with van der Waals surface area (Å²) in [4.78, 5) is 17.0. The molecule has 1 fully saturated rings. The van der Waals surface area contributed by atoms with Gasteiger partial charge in [-0.1, -0.05) is 19.0 Å². The Morgan fingerprint density at radius 1 is 1.35 bits per heavy atom. The summed E-state index contributed by atoms with van der Waals surface area (Å²) in [6.07, 6.45) is 1.07. The summed E-state index contributed by atoms with van der Waals surface area (Å²) in [6.45, 7) is 10.2. The molecule has 0 aromatic rings. The van der Waals surface area contributed by atoms with Gasteiger partial charge < -0.3 is 15.8 Å². The van der Waals surface area contributed by atoms with Gasteiger partial charge in [0, 0.05) is 25.2 Å². The van der Waals surface area contributed by atoms with E-state index < -0.39 is 5.41 Å². The molecule has 0 spiro atoms. The number of piperazine rings is 1. The SMILES string of the molecule is CCC(CC)(C(=O)N1CCN(C)C(C)(C)C1)C(N)=NO. The Hall–Kier alpha value is -1.30. The number of likely N-dealkylation sites (N-methyl/N-ethyl adjacent to an activating group) is 1. The maximum atomic E-state index is 12.9. The van der Waals surface area contributed by atoms with Gasteiger partial charge in [-0.3, -0.25) is 9.69 Å². The van der Waals surface area contributed by atoms with E-state index in [1.165, 1.54) is 0 Å². The number of amidine groups is 1. The average Bonchev–Trinajstić information content (AvgIpc) is 2.43. The number of carbonyl (C=O) groups excluding carboxylic acids is 1. The van der Waals surface area contributed by atoms with Crippen molar-refractivity contribution in [1.82, 2.24) is 9.80 Å². The monoisotopic (exact) mass is 284 g/mol. The van der Waals surface area contributed by atoms with Crippen molar-refractivity contribution in [2.75, 3.05) is 26.7 Å². The second-order valence-electron chi connectivity index (χ2n) is 6.24. The van der Waals surface area contributed by atoms with Crippen LogP contribution in [0.25, 0.3) is 0 Å². The van der Waals surface area contributed by atoms with Gasteiger partial charge in [-0.25, -0.2) is 0 Å². The predicted octanol–water partition coefficient (Wildman–Crippen LogP) is 1.09. The quantitative estimate of drug-likeness (QED) is 0.350. The number of amides is 1. The molecular weight excluding hydrogens is 256 g/mol. The molecular formula is C14H28N4O2. The lowest BCUT2D eigenvalue weighted by Gasteiger charge is -2.47. The normalized spacial score (nSPS) is 21.1. The molecule has 1 amide bonds.